The van der Waals surface area contributed by atoms with Crippen LogP contribution in [0.5, 0.6) is 0 Å². The van der Waals surface area contributed by atoms with Crippen LogP contribution in [0.2, 0.25) is 0 Å². The number of nitrogens with zero attached hydrogens (tertiary/aromatic N) is 2. The zero-order chi connectivity index (χ0) is 23.4. The van der Waals surface area contributed by atoms with Crippen molar-refractivity contribution in [1.29, 1.82) is 5.26 Å². The molecule has 33 heavy (non-hydrogen) atoms. The van der Waals surface area contributed by atoms with Gasteiger partial charge in [-0.25, -0.2) is 4.79 Å². The van der Waals surface area contributed by atoms with Crippen LogP contribution in [-0.2, 0) is 16.1 Å². The molecule has 2 aromatic carbocycles. The van der Waals surface area contributed by atoms with Crippen LogP contribution in [0, 0.1) is 18.3 Å². The Kier molecular flexibility index (Phi) is 6.09. The monoisotopic (exact) mass is 439 g/mol. The Morgan fingerprint density at radius 2 is 1.88 bits per heavy atom. The van der Waals surface area contributed by atoms with Gasteiger partial charge in [0.1, 0.15) is 17.4 Å². The standard InChI is InChI=1S/C26H21N3O4/c1-17-7-9-20(10-8-17)28-25(30)18(14-27)13-19-15-29(23-6-4-3-5-22(19)23)16-21-11-12-24(33-21)26(31)32-2/h3-13,15H,16H2,1-2H3,(H,28,30)/b18-13-. The average molecular weight is 439 g/mol. The minimum absolute atomic E-state index is 0.00976. The predicted octanol–water partition coefficient (Wildman–Crippen LogP) is 4.92. The summed E-state index contributed by atoms with van der Waals surface area (Å²) in [4.78, 5) is 24.4. The first-order valence-electron chi connectivity index (χ1n) is 10.2. The number of furan rings is 1. The van der Waals surface area contributed by atoms with Gasteiger partial charge < -0.3 is 19.0 Å². The second-order valence-corrected chi connectivity index (χ2v) is 7.48. The highest BCUT2D eigenvalue weighted by Crippen LogP contribution is 2.25. The number of amides is 1. The fourth-order valence-corrected chi connectivity index (χ4v) is 3.50. The second-order valence-electron chi connectivity index (χ2n) is 7.48. The first-order valence-corrected chi connectivity index (χ1v) is 10.2. The summed E-state index contributed by atoms with van der Waals surface area (Å²) in [5, 5.41) is 13.3. The van der Waals surface area contributed by atoms with E-state index in [-0.39, 0.29) is 11.3 Å². The van der Waals surface area contributed by atoms with Gasteiger partial charge in [-0.3, -0.25) is 4.79 Å². The largest absolute Gasteiger partial charge is 0.463 e. The van der Waals surface area contributed by atoms with E-state index in [1.54, 1.807) is 30.3 Å². The number of aryl methyl sites for hydroxylation is 1. The van der Waals surface area contributed by atoms with E-state index >= 15 is 0 Å². The van der Waals surface area contributed by atoms with Crippen molar-refractivity contribution in [2.24, 2.45) is 0 Å². The normalized spacial score (nSPS) is 11.2. The smallest absolute Gasteiger partial charge is 0.373 e. The van der Waals surface area contributed by atoms with Crippen LogP contribution < -0.4 is 5.32 Å². The summed E-state index contributed by atoms with van der Waals surface area (Å²) >= 11 is 0. The van der Waals surface area contributed by atoms with Gasteiger partial charge >= 0.3 is 5.97 Å². The molecule has 0 atom stereocenters. The van der Waals surface area contributed by atoms with Crippen LogP contribution >= 0.6 is 0 Å². The molecule has 4 rings (SSSR count). The number of benzene rings is 2. The van der Waals surface area contributed by atoms with Gasteiger partial charge in [0.25, 0.3) is 5.91 Å². The molecule has 7 nitrogen and oxygen atoms in total. The molecule has 0 aliphatic heterocycles. The Morgan fingerprint density at radius 1 is 1.12 bits per heavy atom. The first kappa shape index (κ1) is 21.7. The van der Waals surface area contributed by atoms with Gasteiger partial charge in [-0.1, -0.05) is 35.9 Å². The summed E-state index contributed by atoms with van der Waals surface area (Å²) in [5.41, 5.74) is 3.31. The van der Waals surface area contributed by atoms with E-state index in [9.17, 15) is 14.9 Å². The molecular weight excluding hydrogens is 418 g/mol. The quantitative estimate of drug-likeness (QED) is 0.261. The SMILES string of the molecule is COC(=O)c1ccc(Cn2cc(/C=C(/C#N)C(=O)Nc3ccc(C)cc3)c3ccccc32)o1. The third-order valence-electron chi connectivity index (χ3n) is 5.17. The molecule has 0 aliphatic rings. The minimum Gasteiger partial charge on any atom is -0.463 e. The molecular formula is C26H21N3O4. The number of fused-ring (bicyclic) bond motifs is 1. The number of carbonyl (C=O) groups is 2. The molecule has 1 amide bonds. The number of carbonyl (C=O) groups excluding carboxylic acids is 2. The lowest BCUT2D eigenvalue weighted by Crippen LogP contribution is -2.13. The van der Waals surface area contributed by atoms with Crippen molar-refractivity contribution in [1.82, 2.24) is 4.57 Å². The summed E-state index contributed by atoms with van der Waals surface area (Å²) in [6, 6.07) is 20.3. The van der Waals surface area contributed by atoms with Crippen LogP contribution in [0.1, 0.15) is 27.4 Å². The molecule has 0 unspecified atom stereocenters. The summed E-state index contributed by atoms with van der Waals surface area (Å²) < 4.78 is 12.2. The van der Waals surface area contributed by atoms with E-state index in [0.717, 1.165) is 22.0 Å². The number of rotatable bonds is 6. The Bertz CT molecular complexity index is 1400. The maximum Gasteiger partial charge on any atom is 0.373 e. The van der Waals surface area contributed by atoms with Gasteiger partial charge in [0, 0.05) is 28.4 Å². The van der Waals surface area contributed by atoms with Crippen LogP contribution in [0.4, 0.5) is 5.69 Å². The fourth-order valence-electron chi connectivity index (χ4n) is 3.50. The van der Waals surface area contributed by atoms with Crippen molar-refractivity contribution in [2.75, 3.05) is 12.4 Å². The van der Waals surface area contributed by atoms with Crippen LogP contribution in [-0.4, -0.2) is 23.6 Å². The summed E-state index contributed by atoms with van der Waals surface area (Å²) in [5.74, 6) is -0.319. The zero-order valence-electron chi connectivity index (χ0n) is 18.2. The van der Waals surface area contributed by atoms with E-state index < -0.39 is 11.9 Å². The lowest BCUT2D eigenvalue weighted by molar-refractivity contribution is -0.112. The third kappa shape index (κ3) is 4.70. The number of ether oxygens (including phenoxy) is 1. The van der Waals surface area contributed by atoms with Gasteiger partial charge in [-0.15, -0.1) is 0 Å². The molecule has 0 radical (unpaired) electrons. The summed E-state index contributed by atoms with van der Waals surface area (Å²) in [6.07, 6.45) is 3.42. The third-order valence-corrected chi connectivity index (χ3v) is 5.17. The van der Waals surface area contributed by atoms with Crippen LogP contribution in [0.3, 0.4) is 0 Å². The number of methoxy groups -OCH3 is 1. The highest BCUT2D eigenvalue weighted by atomic mass is 16.5. The Balaban J connectivity index is 1.64. The first-order chi connectivity index (χ1) is 16.0. The number of nitrogens with one attached hydrogen (secondary N) is 1. The minimum atomic E-state index is -0.541. The van der Waals surface area contributed by atoms with Gasteiger partial charge in [0.15, 0.2) is 0 Å². The fraction of sp³-hybridized carbons (Fsp3) is 0.115. The molecule has 2 heterocycles. The molecule has 0 aliphatic carbocycles. The number of esters is 1. The number of anilines is 1. The Morgan fingerprint density at radius 3 is 2.61 bits per heavy atom. The molecule has 0 saturated carbocycles. The number of para-hydroxylation sites is 1. The average Bonchev–Trinajstić information content (AvgIpc) is 3.43. The van der Waals surface area contributed by atoms with Crippen LogP contribution in [0.15, 0.2) is 76.9 Å². The van der Waals surface area contributed by atoms with Gasteiger partial charge in [-0.05, 0) is 43.3 Å². The highest BCUT2D eigenvalue weighted by molar-refractivity contribution is 6.10. The molecule has 4 aromatic rings. The van der Waals surface area contributed by atoms with Gasteiger partial charge in [0.2, 0.25) is 5.76 Å². The maximum atomic E-state index is 12.7. The number of hydrogen-bond acceptors (Lipinski definition) is 5. The summed E-state index contributed by atoms with van der Waals surface area (Å²) in [7, 11) is 1.30. The molecule has 0 bridgehead atoms. The molecule has 164 valence electrons. The van der Waals surface area contributed by atoms with Gasteiger partial charge in [-0.2, -0.15) is 5.26 Å². The van der Waals surface area contributed by atoms with Crippen molar-refractivity contribution < 1.29 is 18.7 Å². The van der Waals surface area contributed by atoms with E-state index in [2.05, 4.69) is 10.1 Å². The van der Waals surface area contributed by atoms with Crippen LogP contribution in [0.25, 0.3) is 17.0 Å². The van der Waals surface area contributed by atoms with E-state index in [1.165, 1.54) is 7.11 Å². The van der Waals surface area contributed by atoms with Crippen molar-refractivity contribution >= 4 is 34.5 Å². The van der Waals surface area contributed by atoms with Crippen molar-refractivity contribution in [2.45, 2.75) is 13.5 Å². The molecule has 2 aromatic heterocycles. The number of nitriles is 1. The molecule has 0 spiro atoms. The van der Waals surface area contributed by atoms with E-state index in [1.807, 2.05) is 60.2 Å². The van der Waals surface area contributed by atoms with Gasteiger partial charge in [0.05, 0.1) is 13.7 Å². The van der Waals surface area contributed by atoms with Crippen molar-refractivity contribution in [3.8, 4) is 6.07 Å². The number of aromatic nitrogens is 1. The molecule has 1 N–H and O–H groups in total. The second kappa shape index (κ2) is 9.28. The maximum absolute atomic E-state index is 12.7. The van der Waals surface area contributed by atoms with Crippen molar-refractivity contribution in [3.63, 3.8) is 0 Å². The molecule has 0 saturated heterocycles. The van der Waals surface area contributed by atoms with E-state index in [0.29, 0.717) is 18.0 Å². The lowest BCUT2D eigenvalue weighted by atomic mass is 10.1. The predicted molar refractivity (Wildman–Crippen MR) is 124 cm³/mol. The van der Waals surface area contributed by atoms with E-state index in [4.69, 9.17) is 4.42 Å². The zero-order valence-corrected chi connectivity index (χ0v) is 18.2. The summed E-state index contributed by atoms with van der Waals surface area (Å²) in [6.45, 7) is 2.32. The highest BCUT2D eigenvalue weighted by Gasteiger charge is 2.15. The van der Waals surface area contributed by atoms with Crippen molar-refractivity contribution in [3.05, 3.63) is 95.1 Å². The topological polar surface area (TPSA) is 97.3 Å². The number of hydrogen-bond donors (Lipinski definition) is 1. The lowest BCUT2D eigenvalue weighted by Gasteiger charge is -2.04. The molecule has 7 heteroatoms. The Hall–Kier alpha value is -4.57. The molecule has 0 fully saturated rings. The Labute approximate surface area is 190 Å².